The van der Waals surface area contributed by atoms with E-state index in [9.17, 15) is 8.42 Å². The number of nitrogens with two attached hydrogens (primary N) is 1. The van der Waals surface area contributed by atoms with Crippen molar-refractivity contribution in [3.05, 3.63) is 12.4 Å². The summed E-state index contributed by atoms with van der Waals surface area (Å²) < 4.78 is 27.6. The summed E-state index contributed by atoms with van der Waals surface area (Å²) in [6.07, 6.45) is 4.50. The average Bonchev–Trinajstić information content (AvgIpc) is 2.77. The summed E-state index contributed by atoms with van der Waals surface area (Å²) in [5.74, 6) is -0.0276. The van der Waals surface area contributed by atoms with Gasteiger partial charge in [-0.15, -0.1) is 0 Å². The number of rotatable bonds is 3. The van der Waals surface area contributed by atoms with Crippen LogP contribution in [0.2, 0.25) is 0 Å². The minimum atomic E-state index is -3.47. The molecule has 1 saturated heterocycles. The van der Waals surface area contributed by atoms with Crippen molar-refractivity contribution in [2.75, 3.05) is 13.1 Å². The van der Waals surface area contributed by atoms with Gasteiger partial charge < -0.3 is 5.73 Å². The Morgan fingerprint density at radius 1 is 1.61 bits per heavy atom. The van der Waals surface area contributed by atoms with Crippen molar-refractivity contribution in [1.29, 1.82) is 0 Å². The summed E-state index contributed by atoms with van der Waals surface area (Å²) in [5.41, 5.74) is 5.61. The molecule has 18 heavy (non-hydrogen) atoms. The van der Waals surface area contributed by atoms with Crippen molar-refractivity contribution < 1.29 is 8.42 Å². The summed E-state index contributed by atoms with van der Waals surface area (Å²) in [4.78, 5) is 0.606. The largest absolute Gasteiger partial charge is 0.393 e. The first kappa shape index (κ1) is 13.4. The quantitative estimate of drug-likeness (QED) is 0.798. The molecule has 2 rings (SSSR count). The summed E-state index contributed by atoms with van der Waals surface area (Å²) in [6, 6.07) is 0. The average molecular weight is 288 g/mol. The SMILES string of the molecule is Cn1cc(S(=O)(=O)N2CCCC(C(N)=S)C2)cn1. The maximum absolute atomic E-state index is 12.4. The van der Waals surface area contributed by atoms with Crippen LogP contribution in [0.15, 0.2) is 17.3 Å². The van der Waals surface area contributed by atoms with Crippen LogP contribution in [-0.2, 0) is 17.1 Å². The van der Waals surface area contributed by atoms with Crippen LogP contribution in [0.5, 0.6) is 0 Å². The van der Waals surface area contributed by atoms with E-state index in [0.717, 1.165) is 12.8 Å². The predicted molar refractivity (Wildman–Crippen MR) is 71.5 cm³/mol. The van der Waals surface area contributed by atoms with Gasteiger partial charge in [0.05, 0.1) is 11.2 Å². The van der Waals surface area contributed by atoms with Gasteiger partial charge in [0.25, 0.3) is 0 Å². The van der Waals surface area contributed by atoms with Crippen LogP contribution < -0.4 is 5.73 Å². The minimum absolute atomic E-state index is 0.0276. The van der Waals surface area contributed by atoms with Gasteiger partial charge in [-0.25, -0.2) is 8.42 Å². The molecule has 0 spiro atoms. The Bertz CT molecular complexity index is 552. The third-order valence-electron chi connectivity index (χ3n) is 3.11. The molecule has 1 aromatic heterocycles. The molecule has 100 valence electrons. The lowest BCUT2D eigenvalue weighted by atomic mass is 10.0. The summed E-state index contributed by atoms with van der Waals surface area (Å²) in [7, 11) is -1.79. The molecular formula is C10H16N4O2S2. The Kier molecular flexibility index (Phi) is 3.69. The van der Waals surface area contributed by atoms with Gasteiger partial charge in [-0.05, 0) is 12.8 Å². The first-order valence-corrected chi connectivity index (χ1v) is 7.54. The monoisotopic (exact) mass is 288 g/mol. The molecule has 2 heterocycles. The van der Waals surface area contributed by atoms with E-state index in [4.69, 9.17) is 18.0 Å². The van der Waals surface area contributed by atoms with E-state index in [-0.39, 0.29) is 10.8 Å². The van der Waals surface area contributed by atoms with Crippen molar-refractivity contribution >= 4 is 27.2 Å². The Hall–Kier alpha value is -0.990. The van der Waals surface area contributed by atoms with Gasteiger partial charge in [-0.2, -0.15) is 9.40 Å². The fourth-order valence-electron chi connectivity index (χ4n) is 2.07. The van der Waals surface area contributed by atoms with Gasteiger partial charge in [0.15, 0.2) is 0 Å². The maximum Gasteiger partial charge on any atom is 0.246 e. The molecule has 0 radical (unpaired) electrons. The van der Waals surface area contributed by atoms with Gasteiger partial charge in [-0.3, -0.25) is 4.68 Å². The van der Waals surface area contributed by atoms with Gasteiger partial charge >= 0.3 is 0 Å². The van der Waals surface area contributed by atoms with Crippen molar-refractivity contribution in [3.8, 4) is 0 Å². The minimum Gasteiger partial charge on any atom is -0.393 e. The molecule has 1 aliphatic rings. The highest BCUT2D eigenvalue weighted by atomic mass is 32.2. The second-order valence-corrected chi connectivity index (χ2v) is 6.86. The third-order valence-corrected chi connectivity index (χ3v) is 5.26. The van der Waals surface area contributed by atoms with Crippen molar-refractivity contribution in [2.24, 2.45) is 18.7 Å². The lowest BCUT2D eigenvalue weighted by Crippen LogP contribution is -2.43. The second kappa shape index (κ2) is 4.94. The normalized spacial score (nSPS) is 21.9. The van der Waals surface area contributed by atoms with Crippen LogP contribution in [-0.4, -0.2) is 40.6 Å². The number of hydrogen-bond donors (Lipinski definition) is 1. The zero-order valence-electron chi connectivity index (χ0n) is 10.1. The van der Waals surface area contributed by atoms with E-state index >= 15 is 0 Å². The Labute approximate surface area is 112 Å². The molecule has 1 aromatic rings. The first-order chi connectivity index (χ1) is 8.41. The van der Waals surface area contributed by atoms with Gasteiger partial charge in [0, 0.05) is 32.3 Å². The van der Waals surface area contributed by atoms with E-state index < -0.39 is 10.0 Å². The predicted octanol–water partition coefficient (Wildman–Crippen LogP) is 0.107. The van der Waals surface area contributed by atoms with Crippen molar-refractivity contribution in [2.45, 2.75) is 17.7 Å². The molecule has 0 aliphatic carbocycles. The molecule has 0 aromatic carbocycles. The molecule has 0 amide bonds. The molecule has 0 bridgehead atoms. The number of sulfonamides is 1. The van der Waals surface area contributed by atoms with Crippen molar-refractivity contribution in [3.63, 3.8) is 0 Å². The van der Waals surface area contributed by atoms with E-state index in [0.29, 0.717) is 18.1 Å². The van der Waals surface area contributed by atoms with Gasteiger partial charge in [-0.1, -0.05) is 12.2 Å². The highest BCUT2D eigenvalue weighted by Gasteiger charge is 2.31. The van der Waals surface area contributed by atoms with E-state index in [1.165, 1.54) is 21.4 Å². The lowest BCUT2D eigenvalue weighted by molar-refractivity contribution is 0.312. The number of thiocarbonyl (C=S) groups is 1. The first-order valence-electron chi connectivity index (χ1n) is 5.69. The summed E-state index contributed by atoms with van der Waals surface area (Å²) in [6.45, 7) is 0.878. The molecular weight excluding hydrogens is 272 g/mol. The molecule has 0 saturated carbocycles. The van der Waals surface area contributed by atoms with Crippen LogP contribution in [0, 0.1) is 5.92 Å². The zero-order valence-corrected chi connectivity index (χ0v) is 11.7. The number of piperidine rings is 1. The van der Waals surface area contributed by atoms with E-state index in [2.05, 4.69) is 5.10 Å². The lowest BCUT2D eigenvalue weighted by Gasteiger charge is -2.30. The molecule has 8 heteroatoms. The van der Waals surface area contributed by atoms with Gasteiger partial charge in [0.1, 0.15) is 4.90 Å². The van der Waals surface area contributed by atoms with Crippen LogP contribution in [0.1, 0.15) is 12.8 Å². The molecule has 1 fully saturated rings. The smallest absolute Gasteiger partial charge is 0.246 e. The number of hydrogen-bond acceptors (Lipinski definition) is 4. The Balaban J connectivity index is 2.22. The number of aryl methyl sites for hydroxylation is 1. The number of nitrogens with zero attached hydrogens (tertiary/aromatic N) is 3. The second-order valence-electron chi connectivity index (χ2n) is 4.45. The Morgan fingerprint density at radius 2 is 2.33 bits per heavy atom. The molecule has 1 unspecified atom stereocenters. The molecule has 2 N–H and O–H groups in total. The fourth-order valence-corrected chi connectivity index (χ4v) is 3.78. The topological polar surface area (TPSA) is 81.2 Å². The number of aromatic nitrogens is 2. The highest BCUT2D eigenvalue weighted by Crippen LogP contribution is 2.23. The zero-order chi connectivity index (χ0) is 13.3. The van der Waals surface area contributed by atoms with Crippen LogP contribution in [0.4, 0.5) is 0 Å². The Morgan fingerprint density at radius 3 is 2.89 bits per heavy atom. The molecule has 6 nitrogen and oxygen atoms in total. The highest BCUT2D eigenvalue weighted by molar-refractivity contribution is 7.89. The summed E-state index contributed by atoms with van der Waals surface area (Å²) in [5, 5.41) is 3.89. The maximum atomic E-state index is 12.4. The summed E-state index contributed by atoms with van der Waals surface area (Å²) >= 11 is 4.95. The third kappa shape index (κ3) is 2.55. The molecule has 1 aliphatic heterocycles. The van der Waals surface area contributed by atoms with Crippen LogP contribution in [0.25, 0.3) is 0 Å². The van der Waals surface area contributed by atoms with Crippen LogP contribution >= 0.6 is 12.2 Å². The van der Waals surface area contributed by atoms with E-state index in [1.807, 2.05) is 0 Å². The standard InChI is InChI=1S/C10H16N4O2S2/c1-13-7-9(5-12-13)18(15,16)14-4-2-3-8(6-14)10(11)17/h5,7-8H,2-4,6H2,1H3,(H2,11,17). The van der Waals surface area contributed by atoms with Crippen LogP contribution in [0.3, 0.4) is 0 Å². The fraction of sp³-hybridized carbons (Fsp3) is 0.600. The van der Waals surface area contributed by atoms with E-state index in [1.54, 1.807) is 7.05 Å². The van der Waals surface area contributed by atoms with Crippen molar-refractivity contribution in [1.82, 2.24) is 14.1 Å². The molecule has 1 atom stereocenters. The van der Waals surface area contributed by atoms with Gasteiger partial charge in [0.2, 0.25) is 10.0 Å².